The molecule has 90 valence electrons. The zero-order valence-electron chi connectivity index (χ0n) is 10.3. The second-order valence-electron chi connectivity index (χ2n) is 4.31. The number of nitrogens with one attached hydrogen (secondary N) is 1. The van der Waals surface area contributed by atoms with Crippen molar-refractivity contribution in [2.45, 2.75) is 0 Å². The van der Waals surface area contributed by atoms with E-state index in [0.29, 0.717) is 0 Å². The summed E-state index contributed by atoms with van der Waals surface area (Å²) in [6, 6.07) is 15.3. The van der Waals surface area contributed by atoms with Gasteiger partial charge in [-0.05, 0) is 30.8 Å². The summed E-state index contributed by atoms with van der Waals surface area (Å²) in [5, 5.41) is 5.84. The van der Waals surface area contributed by atoms with Crippen molar-refractivity contribution in [1.82, 2.24) is 5.32 Å². The van der Waals surface area contributed by atoms with Crippen LogP contribution in [0.4, 0.5) is 0 Å². The van der Waals surface area contributed by atoms with Crippen molar-refractivity contribution < 1.29 is 0 Å². The van der Waals surface area contributed by atoms with Gasteiger partial charge in [0.05, 0.1) is 0 Å². The van der Waals surface area contributed by atoms with Crippen molar-refractivity contribution in [3.63, 3.8) is 0 Å². The zero-order chi connectivity index (χ0) is 12.4. The molecule has 3 aromatic rings. The topological polar surface area (TPSA) is 12.0 Å². The SMILES string of the molecule is CNCC=Cc1ccc2sc3ccccc3c2c1. The Balaban J connectivity index is 2.12. The van der Waals surface area contributed by atoms with Crippen molar-refractivity contribution in [1.29, 1.82) is 0 Å². The van der Waals surface area contributed by atoms with E-state index in [2.05, 4.69) is 59.9 Å². The average molecular weight is 253 g/mol. The molecule has 2 aromatic carbocycles. The second kappa shape index (κ2) is 4.92. The first-order valence-electron chi connectivity index (χ1n) is 6.11. The van der Waals surface area contributed by atoms with Gasteiger partial charge in [0.1, 0.15) is 0 Å². The van der Waals surface area contributed by atoms with Gasteiger partial charge in [-0.25, -0.2) is 0 Å². The fourth-order valence-electron chi connectivity index (χ4n) is 2.16. The molecule has 0 unspecified atom stereocenters. The first-order chi connectivity index (χ1) is 8.88. The summed E-state index contributed by atoms with van der Waals surface area (Å²) in [5.74, 6) is 0. The first kappa shape index (κ1) is 11.5. The van der Waals surface area contributed by atoms with Crippen LogP contribution >= 0.6 is 11.3 Å². The molecule has 0 radical (unpaired) electrons. The molecule has 0 aliphatic carbocycles. The van der Waals surface area contributed by atoms with Crippen LogP contribution in [0, 0.1) is 0 Å². The van der Waals surface area contributed by atoms with Crippen molar-refractivity contribution in [2.75, 3.05) is 13.6 Å². The van der Waals surface area contributed by atoms with E-state index >= 15 is 0 Å². The highest BCUT2D eigenvalue weighted by atomic mass is 32.1. The number of rotatable bonds is 3. The molecule has 0 aliphatic rings. The van der Waals surface area contributed by atoms with Gasteiger partial charge in [-0.3, -0.25) is 0 Å². The van der Waals surface area contributed by atoms with E-state index in [1.54, 1.807) is 0 Å². The summed E-state index contributed by atoms with van der Waals surface area (Å²) in [6.07, 6.45) is 4.32. The van der Waals surface area contributed by atoms with Gasteiger partial charge in [0.15, 0.2) is 0 Å². The minimum atomic E-state index is 0.905. The van der Waals surface area contributed by atoms with Crippen molar-refractivity contribution in [3.8, 4) is 0 Å². The Morgan fingerprint density at radius 3 is 2.78 bits per heavy atom. The maximum atomic E-state index is 3.11. The van der Waals surface area contributed by atoms with Crippen LogP contribution in [-0.2, 0) is 0 Å². The number of hydrogen-bond acceptors (Lipinski definition) is 2. The van der Waals surface area contributed by atoms with Gasteiger partial charge in [0.2, 0.25) is 0 Å². The van der Waals surface area contributed by atoms with E-state index in [9.17, 15) is 0 Å². The van der Waals surface area contributed by atoms with E-state index in [-0.39, 0.29) is 0 Å². The molecule has 0 bridgehead atoms. The van der Waals surface area contributed by atoms with E-state index in [0.717, 1.165) is 6.54 Å². The van der Waals surface area contributed by atoms with E-state index in [4.69, 9.17) is 0 Å². The molecule has 2 heteroatoms. The van der Waals surface area contributed by atoms with Crippen molar-refractivity contribution >= 4 is 37.6 Å². The van der Waals surface area contributed by atoms with E-state index in [1.165, 1.54) is 25.7 Å². The minimum Gasteiger partial charge on any atom is -0.316 e. The highest BCUT2D eigenvalue weighted by Gasteiger charge is 2.03. The van der Waals surface area contributed by atoms with Crippen LogP contribution < -0.4 is 5.32 Å². The summed E-state index contributed by atoms with van der Waals surface area (Å²) in [7, 11) is 1.96. The Morgan fingerprint density at radius 1 is 1.06 bits per heavy atom. The summed E-state index contributed by atoms with van der Waals surface area (Å²) in [4.78, 5) is 0. The van der Waals surface area contributed by atoms with Crippen molar-refractivity contribution in [3.05, 3.63) is 54.1 Å². The summed E-state index contributed by atoms with van der Waals surface area (Å²) in [6.45, 7) is 0.905. The van der Waals surface area contributed by atoms with Crippen LogP contribution in [-0.4, -0.2) is 13.6 Å². The molecule has 0 saturated heterocycles. The smallest absolute Gasteiger partial charge is 0.0355 e. The molecule has 0 atom stereocenters. The molecule has 1 N–H and O–H groups in total. The van der Waals surface area contributed by atoms with Gasteiger partial charge in [0.25, 0.3) is 0 Å². The third kappa shape index (κ3) is 2.05. The molecular weight excluding hydrogens is 238 g/mol. The molecule has 18 heavy (non-hydrogen) atoms. The number of thiophene rings is 1. The molecule has 0 spiro atoms. The molecule has 1 aromatic heterocycles. The fourth-order valence-corrected chi connectivity index (χ4v) is 3.25. The Morgan fingerprint density at radius 2 is 1.89 bits per heavy atom. The summed E-state index contributed by atoms with van der Waals surface area (Å²) in [5.41, 5.74) is 1.27. The molecule has 3 rings (SSSR count). The monoisotopic (exact) mass is 253 g/mol. The number of hydrogen-bond donors (Lipinski definition) is 1. The molecule has 0 saturated carbocycles. The predicted octanol–water partition coefficient (Wildman–Crippen LogP) is 4.29. The molecule has 1 heterocycles. The van der Waals surface area contributed by atoms with Gasteiger partial charge in [0, 0.05) is 26.7 Å². The van der Waals surface area contributed by atoms with Gasteiger partial charge < -0.3 is 5.32 Å². The maximum Gasteiger partial charge on any atom is 0.0355 e. The fraction of sp³-hybridized carbons (Fsp3) is 0.125. The normalized spacial score (nSPS) is 11.8. The largest absolute Gasteiger partial charge is 0.316 e. The van der Waals surface area contributed by atoms with Crippen LogP contribution in [0.25, 0.3) is 26.2 Å². The molecular formula is C16H15NS. The lowest BCUT2D eigenvalue weighted by molar-refractivity contribution is 0.922. The Hall–Kier alpha value is -1.64. The third-order valence-electron chi connectivity index (χ3n) is 3.03. The lowest BCUT2D eigenvalue weighted by Crippen LogP contribution is -2.03. The predicted molar refractivity (Wildman–Crippen MR) is 82.3 cm³/mol. The average Bonchev–Trinajstić information content (AvgIpc) is 2.77. The number of benzene rings is 2. The standard InChI is InChI=1S/C16H15NS/c1-17-10-4-5-12-8-9-16-14(11-12)13-6-2-3-7-15(13)18-16/h2-9,11,17H,10H2,1H3. The summed E-state index contributed by atoms with van der Waals surface area (Å²) < 4.78 is 2.73. The van der Waals surface area contributed by atoms with Crippen LogP contribution in [0.2, 0.25) is 0 Å². The Bertz CT molecular complexity index is 709. The Kier molecular flexibility index (Phi) is 3.13. The highest BCUT2D eigenvalue weighted by molar-refractivity contribution is 7.25. The van der Waals surface area contributed by atoms with Gasteiger partial charge in [-0.15, -0.1) is 11.3 Å². The maximum absolute atomic E-state index is 3.11. The highest BCUT2D eigenvalue weighted by Crippen LogP contribution is 2.34. The lowest BCUT2D eigenvalue weighted by Gasteiger charge is -1.96. The van der Waals surface area contributed by atoms with Gasteiger partial charge >= 0.3 is 0 Å². The van der Waals surface area contributed by atoms with Gasteiger partial charge in [-0.2, -0.15) is 0 Å². The first-order valence-corrected chi connectivity index (χ1v) is 6.92. The number of likely N-dealkylation sites (N-methyl/N-ethyl adjacent to an activating group) is 1. The Labute approximate surface area is 111 Å². The van der Waals surface area contributed by atoms with Crippen LogP contribution in [0.3, 0.4) is 0 Å². The van der Waals surface area contributed by atoms with Gasteiger partial charge in [-0.1, -0.05) is 36.4 Å². The van der Waals surface area contributed by atoms with E-state index in [1.807, 2.05) is 18.4 Å². The number of fused-ring (bicyclic) bond motifs is 3. The minimum absolute atomic E-state index is 0.905. The molecule has 0 fully saturated rings. The zero-order valence-corrected chi connectivity index (χ0v) is 11.1. The van der Waals surface area contributed by atoms with Crippen LogP contribution in [0.5, 0.6) is 0 Å². The second-order valence-corrected chi connectivity index (χ2v) is 5.40. The molecule has 0 aliphatic heterocycles. The van der Waals surface area contributed by atoms with Crippen LogP contribution in [0.1, 0.15) is 5.56 Å². The molecule has 1 nitrogen and oxygen atoms in total. The van der Waals surface area contributed by atoms with Crippen molar-refractivity contribution in [2.24, 2.45) is 0 Å². The quantitative estimate of drug-likeness (QED) is 0.734. The molecule has 0 amide bonds. The van der Waals surface area contributed by atoms with E-state index < -0.39 is 0 Å². The van der Waals surface area contributed by atoms with Crippen LogP contribution in [0.15, 0.2) is 48.5 Å². The summed E-state index contributed by atoms with van der Waals surface area (Å²) >= 11 is 1.86. The third-order valence-corrected chi connectivity index (χ3v) is 4.18. The lowest BCUT2D eigenvalue weighted by atomic mass is 10.1.